The summed E-state index contributed by atoms with van der Waals surface area (Å²) in [5.74, 6) is 2.19. The lowest BCUT2D eigenvalue weighted by molar-refractivity contribution is -0.142. The molecule has 3 aliphatic rings. The van der Waals surface area contributed by atoms with Crippen molar-refractivity contribution >= 4 is 17.6 Å². The zero-order valence-corrected chi connectivity index (χ0v) is 15.1. The number of pyridine rings is 1. The van der Waals surface area contributed by atoms with Crippen molar-refractivity contribution in [3.63, 3.8) is 0 Å². The smallest absolute Gasteiger partial charge is 0.253 e. The van der Waals surface area contributed by atoms with Crippen LogP contribution in [0.4, 0.5) is 5.82 Å². The van der Waals surface area contributed by atoms with E-state index in [0.717, 1.165) is 44.7 Å². The van der Waals surface area contributed by atoms with Crippen LogP contribution in [0.3, 0.4) is 0 Å². The molecule has 0 aromatic carbocycles. The molecular formula is C20H26N4O2. The zero-order chi connectivity index (χ0) is 18.1. The van der Waals surface area contributed by atoms with Gasteiger partial charge in [-0.1, -0.05) is 6.08 Å². The highest BCUT2D eigenvalue weighted by Crippen LogP contribution is 2.38. The summed E-state index contributed by atoms with van der Waals surface area (Å²) in [5, 5.41) is 2.77. The van der Waals surface area contributed by atoms with Gasteiger partial charge in [-0.15, -0.1) is 6.58 Å². The first kappa shape index (κ1) is 17.1. The number of rotatable bonds is 4. The van der Waals surface area contributed by atoms with E-state index in [1.54, 1.807) is 12.3 Å². The quantitative estimate of drug-likeness (QED) is 0.838. The van der Waals surface area contributed by atoms with Crippen LogP contribution >= 0.6 is 0 Å². The minimum absolute atomic E-state index is 0.129. The number of hydrogen-bond acceptors (Lipinski definition) is 4. The number of carbonyl (C=O) groups excluding carboxylic acids is 2. The Bertz CT molecular complexity index is 702. The average molecular weight is 354 g/mol. The van der Waals surface area contributed by atoms with Crippen LogP contribution in [0.15, 0.2) is 31.0 Å². The first-order chi connectivity index (χ1) is 12.7. The molecule has 6 nitrogen and oxygen atoms in total. The van der Waals surface area contributed by atoms with E-state index >= 15 is 0 Å². The van der Waals surface area contributed by atoms with Crippen LogP contribution in [-0.2, 0) is 4.79 Å². The second-order valence-corrected chi connectivity index (χ2v) is 7.68. The van der Waals surface area contributed by atoms with Gasteiger partial charge in [0.2, 0.25) is 5.91 Å². The maximum Gasteiger partial charge on any atom is 0.253 e. The maximum absolute atomic E-state index is 12.2. The SMILES string of the molecule is C=CCNC(=O)c1ccc(N2CC3CC(C2)[C@H]2CCCC(=O)N2C3)nc1. The Balaban J connectivity index is 1.45. The van der Waals surface area contributed by atoms with Crippen molar-refractivity contribution in [1.29, 1.82) is 0 Å². The second-order valence-electron chi connectivity index (χ2n) is 7.68. The van der Waals surface area contributed by atoms with E-state index in [2.05, 4.69) is 26.7 Å². The van der Waals surface area contributed by atoms with Gasteiger partial charge in [-0.25, -0.2) is 4.98 Å². The Hall–Kier alpha value is -2.37. The van der Waals surface area contributed by atoms with Gasteiger partial charge in [0, 0.05) is 44.8 Å². The standard InChI is InChI=1S/C20H26N4O2/c1-2-8-21-20(26)15-6-7-18(22-10-15)23-11-14-9-16(13-23)17-4-3-5-19(25)24(17)12-14/h2,6-7,10,14,16-17H,1,3-5,8-9,11-13H2,(H,21,26)/t14?,16?,17-/m1/s1. The highest BCUT2D eigenvalue weighted by atomic mass is 16.2. The fourth-order valence-corrected chi connectivity index (χ4v) is 4.77. The van der Waals surface area contributed by atoms with E-state index in [1.165, 1.54) is 6.42 Å². The van der Waals surface area contributed by atoms with Crippen LogP contribution in [0.2, 0.25) is 0 Å². The number of amides is 2. The van der Waals surface area contributed by atoms with Crippen molar-refractivity contribution in [2.75, 3.05) is 31.1 Å². The van der Waals surface area contributed by atoms with Crippen molar-refractivity contribution in [2.24, 2.45) is 11.8 Å². The van der Waals surface area contributed by atoms with Crippen molar-refractivity contribution < 1.29 is 9.59 Å². The molecule has 1 aromatic heterocycles. The Morgan fingerprint density at radius 2 is 2.23 bits per heavy atom. The molecule has 3 fully saturated rings. The second kappa shape index (κ2) is 7.09. The minimum atomic E-state index is -0.129. The fraction of sp³-hybridized carbons (Fsp3) is 0.550. The van der Waals surface area contributed by atoms with Gasteiger partial charge >= 0.3 is 0 Å². The third-order valence-electron chi connectivity index (χ3n) is 5.92. The highest BCUT2D eigenvalue weighted by Gasteiger charge is 2.44. The summed E-state index contributed by atoms with van der Waals surface area (Å²) in [4.78, 5) is 33.3. The molecule has 0 radical (unpaired) electrons. The molecular weight excluding hydrogens is 328 g/mol. The molecule has 2 amide bonds. The lowest BCUT2D eigenvalue weighted by Gasteiger charge is -2.52. The Labute approximate surface area is 154 Å². The summed E-state index contributed by atoms with van der Waals surface area (Å²) in [5.41, 5.74) is 0.567. The highest BCUT2D eigenvalue weighted by molar-refractivity contribution is 5.94. The van der Waals surface area contributed by atoms with Crippen molar-refractivity contribution in [3.05, 3.63) is 36.5 Å². The van der Waals surface area contributed by atoms with Crippen LogP contribution in [-0.4, -0.2) is 53.9 Å². The van der Waals surface area contributed by atoms with Gasteiger partial charge < -0.3 is 15.1 Å². The van der Waals surface area contributed by atoms with E-state index in [1.807, 2.05) is 12.1 Å². The summed E-state index contributed by atoms with van der Waals surface area (Å²) in [6.45, 7) is 6.82. The third kappa shape index (κ3) is 3.20. The van der Waals surface area contributed by atoms with E-state index in [4.69, 9.17) is 0 Å². The van der Waals surface area contributed by atoms with Crippen LogP contribution in [0.5, 0.6) is 0 Å². The van der Waals surface area contributed by atoms with E-state index < -0.39 is 0 Å². The Morgan fingerprint density at radius 1 is 1.35 bits per heavy atom. The molecule has 3 aliphatic heterocycles. The molecule has 0 saturated carbocycles. The van der Waals surface area contributed by atoms with E-state index in [0.29, 0.717) is 35.9 Å². The number of aromatic nitrogens is 1. The van der Waals surface area contributed by atoms with Gasteiger partial charge in [-0.05, 0) is 43.2 Å². The minimum Gasteiger partial charge on any atom is -0.356 e. The summed E-state index contributed by atoms with van der Waals surface area (Å²) in [7, 11) is 0. The largest absolute Gasteiger partial charge is 0.356 e. The lowest BCUT2D eigenvalue weighted by Crippen LogP contribution is -2.60. The number of piperidine rings is 3. The number of nitrogens with zero attached hydrogens (tertiary/aromatic N) is 3. The Morgan fingerprint density at radius 3 is 3.00 bits per heavy atom. The summed E-state index contributed by atoms with van der Waals surface area (Å²) in [6, 6.07) is 4.18. The third-order valence-corrected chi connectivity index (χ3v) is 5.92. The Kier molecular flexibility index (Phi) is 4.66. The fourth-order valence-electron chi connectivity index (χ4n) is 4.77. The number of fused-ring (bicyclic) bond motifs is 4. The van der Waals surface area contributed by atoms with Crippen molar-refractivity contribution in [1.82, 2.24) is 15.2 Å². The number of anilines is 1. The predicted octanol–water partition coefficient (Wildman–Crippen LogP) is 1.83. The van der Waals surface area contributed by atoms with Gasteiger partial charge in [0.1, 0.15) is 5.82 Å². The molecule has 2 unspecified atom stereocenters. The van der Waals surface area contributed by atoms with E-state index in [-0.39, 0.29) is 5.91 Å². The molecule has 1 N–H and O–H groups in total. The predicted molar refractivity (Wildman–Crippen MR) is 99.9 cm³/mol. The molecule has 3 atom stereocenters. The number of hydrogen-bond donors (Lipinski definition) is 1. The molecule has 4 heterocycles. The van der Waals surface area contributed by atoms with Gasteiger partial charge in [-0.2, -0.15) is 0 Å². The number of nitrogens with one attached hydrogen (secondary N) is 1. The molecule has 3 saturated heterocycles. The van der Waals surface area contributed by atoms with Gasteiger partial charge in [0.05, 0.1) is 5.56 Å². The molecule has 2 bridgehead atoms. The molecule has 26 heavy (non-hydrogen) atoms. The van der Waals surface area contributed by atoms with Crippen LogP contribution in [0.25, 0.3) is 0 Å². The number of carbonyl (C=O) groups is 2. The maximum atomic E-state index is 12.2. The van der Waals surface area contributed by atoms with Gasteiger partial charge in [0.25, 0.3) is 5.91 Å². The monoisotopic (exact) mass is 354 g/mol. The van der Waals surface area contributed by atoms with Gasteiger partial charge in [-0.3, -0.25) is 9.59 Å². The first-order valence-corrected chi connectivity index (χ1v) is 9.55. The summed E-state index contributed by atoms with van der Waals surface area (Å²) >= 11 is 0. The summed E-state index contributed by atoms with van der Waals surface area (Å²) < 4.78 is 0. The topological polar surface area (TPSA) is 65.5 Å². The summed E-state index contributed by atoms with van der Waals surface area (Å²) in [6.07, 6.45) is 7.39. The molecule has 0 spiro atoms. The van der Waals surface area contributed by atoms with Crippen LogP contribution in [0.1, 0.15) is 36.0 Å². The zero-order valence-electron chi connectivity index (χ0n) is 15.1. The molecule has 4 rings (SSSR count). The van der Waals surface area contributed by atoms with Crippen LogP contribution < -0.4 is 10.2 Å². The van der Waals surface area contributed by atoms with Crippen molar-refractivity contribution in [2.45, 2.75) is 31.7 Å². The van der Waals surface area contributed by atoms with Crippen molar-refractivity contribution in [3.8, 4) is 0 Å². The van der Waals surface area contributed by atoms with E-state index in [9.17, 15) is 9.59 Å². The molecule has 138 valence electrons. The molecule has 0 aliphatic carbocycles. The van der Waals surface area contributed by atoms with Crippen LogP contribution in [0, 0.1) is 11.8 Å². The average Bonchev–Trinajstić information content (AvgIpc) is 2.67. The lowest BCUT2D eigenvalue weighted by atomic mass is 9.76. The molecule has 1 aromatic rings. The normalized spacial score (nSPS) is 27.7. The molecule has 6 heteroatoms. The van der Waals surface area contributed by atoms with Gasteiger partial charge in [0.15, 0.2) is 0 Å². The first-order valence-electron chi connectivity index (χ1n) is 9.55.